The highest BCUT2D eigenvalue weighted by molar-refractivity contribution is 5.65. The second-order valence-electron chi connectivity index (χ2n) is 9.05. The molecule has 0 aromatic heterocycles. The summed E-state index contributed by atoms with van der Waals surface area (Å²) >= 11 is 0. The molecule has 0 spiro atoms. The van der Waals surface area contributed by atoms with Gasteiger partial charge >= 0.3 is 0 Å². The van der Waals surface area contributed by atoms with Gasteiger partial charge < -0.3 is 4.74 Å². The van der Waals surface area contributed by atoms with E-state index in [1.54, 1.807) is 13.0 Å². The van der Waals surface area contributed by atoms with E-state index < -0.39 is 11.6 Å². The molecule has 4 rings (SSSR count). The van der Waals surface area contributed by atoms with Gasteiger partial charge in [0.2, 0.25) is 5.82 Å². The topological polar surface area (TPSA) is 9.23 Å². The molecule has 2 aromatic rings. The Balaban J connectivity index is 1.44. The fourth-order valence-corrected chi connectivity index (χ4v) is 5.16. The van der Waals surface area contributed by atoms with E-state index in [4.69, 9.17) is 4.74 Å². The average molecular weight is 411 g/mol. The van der Waals surface area contributed by atoms with Gasteiger partial charge in [-0.3, -0.25) is 0 Å². The Bertz CT molecular complexity index is 878. The monoisotopic (exact) mass is 410 g/mol. The lowest BCUT2D eigenvalue weighted by Crippen LogP contribution is -2.22. The summed E-state index contributed by atoms with van der Waals surface area (Å²) in [7, 11) is 0. The van der Waals surface area contributed by atoms with Gasteiger partial charge in [-0.15, -0.1) is 0 Å². The summed E-state index contributed by atoms with van der Waals surface area (Å²) in [5, 5.41) is 0. The molecule has 160 valence electrons. The molecule has 0 amide bonds. The minimum absolute atomic E-state index is 0.0373. The number of benzene rings is 2. The minimum Gasteiger partial charge on any atom is -0.491 e. The molecule has 0 bridgehead atoms. The standard InChI is InChI=1S/C27H32F2O/c1-3-30-25-17-16-24(26(28)27(25)29)23-14-12-22(13-15-23)21-10-8-20(9-11-21)19-6-4-18(2)5-7-19/h8,10,12-21H,3-7,9,11H2,1-2H3. The van der Waals surface area contributed by atoms with E-state index in [-0.39, 0.29) is 11.3 Å². The van der Waals surface area contributed by atoms with Gasteiger partial charge in [-0.05, 0) is 73.6 Å². The lowest BCUT2D eigenvalue weighted by molar-refractivity contribution is 0.225. The van der Waals surface area contributed by atoms with Gasteiger partial charge in [0.1, 0.15) is 0 Å². The predicted octanol–water partition coefficient (Wildman–Crippen LogP) is 7.91. The molecule has 0 N–H and O–H groups in total. The zero-order chi connectivity index (χ0) is 21.1. The van der Waals surface area contributed by atoms with E-state index in [1.165, 1.54) is 50.2 Å². The maximum Gasteiger partial charge on any atom is 0.201 e. The van der Waals surface area contributed by atoms with E-state index in [2.05, 4.69) is 31.2 Å². The van der Waals surface area contributed by atoms with Gasteiger partial charge in [0.25, 0.3) is 0 Å². The largest absolute Gasteiger partial charge is 0.491 e. The highest BCUT2D eigenvalue weighted by Gasteiger charge is 2.27. The van der Waals surface area contributed by atoms with Gasteiger partial charge in [-0.1, -0.05) is 56.2 Å². The molecular weight excluding hydrogens is 378 g/mol. The molecule has 0 radical (unpaired) electrons. The van der Waals surface area contributed by atoms with Crippen molar-refractivity contribution >= 4 is 0 Å². The van der Waals surface area contributed by atoms with Crippen LogP contribution in [0.1, 0.15) is 63.9 Å². The third-order valence-corrected chi connectivity index (χ3v) is 7.06. The average Bonchev–Trinajstić information content (AvgIpc) is 2.78. The quantitative estimate of drug-likeness (QED) is 0.455. The van der Waals surface area contributed by atoms with Crippen LogP contribution < -0.4 is 4.74 Å². The zero-order valence-electron chi connectivity index (χ0n) is 18.0. The van der Waals surface area contributed by atoms with Crippen LogP contribution in [0.25, 0.3) is 11.1 Å². The molecule has 0 heterocycles. The van der Waals surface area contributed by atoms with Crippen LogP contribution in [-0.4, -0.2) is 6.61 Å². The van der Waals surface area contributed by atoms with Crippen LogP contribution in [0.3, 0.4) is 0 Å². The molecule has 1 saturated carbocycles. The summed E-state index contributed by atoms with van der Waals surface area (Å²) < 4.78 is 33.9. The van der Waals surface area contributed by atoms with Gasteiger partial charge in [-0.25, -0.2) is 4.39 Å². The van der Waals surface area contributed by atoms with Crippen molar-refractivity contribution in [1.82, 2.24) is 0 Å². The van der Waals surface area contributed by atoms with Crippen molar-refractivity contribution in [3.05, 3.63) is 65.7 Å². The minimum atomic E-state index is -0.920. The number of ether oxygens (including phenoxy) is 1. The Morgan fingerprint density at radius 2 is 1.57 bits per heavy atom. The summed E-state index contributed by atoms with van der Waals surface area (Å²) in [6, 6.07) is 11.0. The Kier molecular flexibility index (Phi) is 6.55. The predicted molar refractivity (Wildman–Crippen MR) is 119 cm³/mol. The Hall–Kier alpha value is -2.16. The maximum atomic E-state index is 14.5. The molecule has 2 aliphatic carbocycles. The van der Waals surface area contributed by atoms with Crippen molar-refractivity contribution < 1.29 is 13.5 Å². The first-order valence-corrected chi connectivity index (χ1v) is 11.5. The van der Waals surface area contributed by atoms with Crippen molar-refractivity contribution in [3.63, 3.8) is 0 Å². The Morgan fingerprint density at radius 3 is 2.20 bits per heavy atom. The molecule has 3 heteroatoms. The van der Waals surface area contributed by atoms with Crippen LogP contribution in [0.15, 0.2) is 48.6 Å². The van der Waals surface area contributed by atoms with Crippen molar-refractivity contribution in [2.24, 2.45) is 17.8 Å². The molecule has 1 fully saturated rings. The smallest absolute Gasteiger partial charge is 0.201 e. The molecule has 0 aliphatic heterocycles. The van der Waals surface area contributed by atoms with Crippen LogP contribution in [0.5, 0.6) is 5.75 Å². The summed E-state index contributed by atoms with van der Waals surface area (Å²) in [5.74, 6) is 1.10. The van der Waals surface area contributed by atoms with Crippen molar-refractivity contribution in [3.8, 4) is 16.9 Å². The van der Waals surface area contributed by atoms with Crippen LogP contribution in [0, 0.1) is 29.4 Å². The fraction of sp³-hybridized carbons (Fsp3) is 0.481. The van der Waals surface area contributed by atoms with E-state index in [1.807, 2.05) is 12.1 Å². The third-order valence-electron chi connectivity index (χ3n) is 7.06. The molecule has 2 aliphatic rings. The number of hydrogen-bond acceptors (Lipinski definition) is 1. The number of allylic oxidation sites excluding steroid dienone is 2. The van der Waals surface area contributed by atoms with Crippen molar-refractivity contribution in [2.45, 2.75) is 58.3 Å². The second-order valence-corrected chi connectivity index (χ2v) is 9.05. The first kappa shape index (κ1) is 21.1. The van der Waals surface area contributed by atoms with Gasteiger partial charge in [0.15, 0.2) is 11.6 Å². The molecule has 2 unspecified atom stereocenters. The normalized spacial score (nSPS) is 26.5. The number of hydrogen-bond donors (Lipinski definition) is 0. The molecule has 2 aromatic carbocycles. The summed E-state index contributed by atoms with van der Waals surface area (Å²) in [4.78, 5) is 0. The lowest BCUT2D eigenvalue weighted by atomic mass is 9.71. The van der Waals surface area contributed by atoms with Gasteiger partial charge in [0.05, 0.1) is 6.61 Å². The van der Waals surface area contributed by atoms with Crippen molar-refractivity contribution in [1.29, 1.82) is 0 Å². The highest BCUT2D eigenvalue weighted by Crippen LogP contribution is 2.40. The lowest BCUT2D eigenvalue weighted by Gasteiger charge is -2.34. The Labute approximate surface area is 179 Å². The van der Waals surface area contributed by atoms with Crippen molar-refractivity contribution in [2.75, 3.05) is 6.61 Å². The molecule has 30 heavy (non-hydrogen) atoms. The molecular formula is C27H32F2O. The molecule has 2 atom stereocenters. The third kappa shape index (κ3) is 4.45. The maximum absolute atomic E-state index is 14.5. The molecule has 0 saturated heterocycles. The summed E-state index contributed by atoms with van der Waals surface area (Å²) in [6.07, 6.45) is 12.7. The van der Waals surface area contributed by atoms with Gasteiger partial charge in [0, 0.05) is 11.5 Å². The van der Waals surface area contributed by atoms with E-state index in [9.17, 15) is 8.78 Å². The van der Waals surface area contributed by atoms with Crippen LogP contribution >= 0.6 is 0 Å². The first-order chi connectivity index (χ1) is 14.6. The zero-order valence-corrected chi connectivity index (χ0v) is 18.0. The first-order valence-electron chi connectivity index (χ1n) is 11.5. The SMILES string of the molecule is CCOc1ccc(-c2ccc(C3C=CC(C4CCC(C)CC4)CC3)cc2)c(F)c1F. The number of rotatable bonds is 5. The summed E-state index contributed by atoms with van der Waals surface area (Å²) in [5.41, 5.74) is 2.21. The summed E-state index contributed by atoms with van der Waals surface area (Å²) in [6.45, 7) is 4.43. The Morgan fingerprint density at radius 1 is 0.833 bits per heavy atom. The van der Waals surface area contributed by atoms with E-state index >= 15 is 0 Å². The fourth-order valence-electron chi connectivity index (χ4n) is 5.16. The highest BCUT2D eigenvalue weighted by atomic mass is 19.2. The van der Waals surface area contributed by atoms with Crippen LogP contribution in [-0.2, 0) is 0 Å². The van der Waals surface area contributed by atoms with Crippen LogP contribution in [0.2, 0.25) is 0 Å². The van der Waals surface area contributed by atoms with Crippen LogP contribution in [0.4, 0.5) is 8.78 Å². The van der Waals surface area contributed by atoms with E-state index in [0.717, 1.165) is 17.8 Å². The molecule has 1 nitrogen and oxygen atoms in total. The van der Waals surface area contributed by atoms with E-state index in [0.29, 0.717) is 18.1 Å². The second kappa shape index (κ2) is 9.32. The van der Waals surface area contributed by atoms with Gasteiger partial charge in [-0.2, -0.15) is 4.39 Å². The number of halogens is 2.